The summed E-state index contributed by atoms with van der Waals surface area (Å²) in [6.07, 6.45) is 0.383. The summed E-state index contributed by atoms with van der Waals surface area (Å²) in [7, 11) is 0. The highest BCUT2D eigenvalue weighted by Crippen LogP contribution is 2.38. The minimum absolute atomic E-state index is 0.183. The van der Waals surface area contributed by atoms with Gasteiger partial charge in [-0.3, -0.25) is 0 Å². The summed E-state index contributed by atoms with van der Waals surface area (Å²) in [5.74, 6) is 0.960. The summed E-state index contributed by atoms with van der Waals surface area (Å²) in [6.45, 7) is 4.81. The Morgan fingerprint density at radius 3 is 2.58 bits per heavy atom. The predicted molar refractivity (Wildman–Crippen MR) is 75.5 cm³/mol. The molecule has 1 aliphatic rings. The first kappa shape index (κ1) is 12.2. The number of ether oxygens (including phenoxy) is 2. The Kier molecular flexibility index (Phi) is 3.26. The van der Waals surface area contributed by atoms with Gasteiger partial charge in [0.1, 0.15) is 24.6 Å². The van der Waals surface area contributed by atoms with Crippen LogP contribution in [0.2, 0.25) is 0 Å². The Morgan fingerprint density at radius 1 is 1.00 bits per heavy atom. The Labute approximate surface area is 114 Å². The van der Waals surface area contributed by atoms with E-state index in [-0.39, 0.29) is 12.2 Å². The van der Waals surface area contributed by atoms with Crippen LogP contribution >= 0.6 is 0 Å². The monoisotopic (exact) mass is 254 g/mol. The maximum atomic E-state index is 5.87. The first-order chi connectivity index (χ1) is 9.25. The fourth-order valence-corrected chi connectivity index (χ4v) is 2.26. The van der Waals surface area contributed by atoms with Crippen LogP contribution in [-0.4, -0.2) is 12.7 Å². The molecule has 0 bridgehead atoms. The van der Waals surface area contributed by atoms with Crippen LogP contribution in [0.4, 0.5) is 0 Å². The highest BCUT2D eigenvalue weighted by atomic mass is 16.6. The summed E-state index contributed by atoms with van der Waals surface area (Å²) in [5, 5.41) is 0. The van der Waals surface area contributed by atoms with Crippen LogP contribution in [0.1, 0.15) is 22.8 Å². The molecule has 0 saturated carbocycles. The molecular weight excluding hydrogens is 236 g/mol. The zero-order valence-corrected chi connectivity index (χ0v) is 11.3. The molecule has 0 amide bonds. The van der Waals surface area contributed by atoms with Crippen molar-refractivity contribution in [3.8, 4) is 5.75 Å². The molecule has 2 heteroatoms. The van der Waals surface area contributed by atoms with E-state index in [0.29, 0.717) is 6.61 Å². The van der Waals surface area contributed by atoms with E-state index in [2.05, 4.69) is 32.0 Å². The Balaban J connectivity index is 1.59. The molecular formula is C17H18O2. The van der Waals surface area contributed by atoms with Gasteiger partial charge in [0.05, 0.1) is 0 Å². The third kappa shape index (κ3) is 2.64. The van der Waals surface area contributed by atoms with Gasteiger partial charge in [0.2, 0.25) is 0 Å². The molecule has 1 fully saturated rings. The molecule has 0 radical (unpaired) electrons. The summed E-state index contributed by atoms with van der Waals surface area (Å²) in [4.78, 5) is 0. The van der Waals surface area contributed by atoms with Gasteiger partial charge in [-0.1, -0.05) is 42.5 Å². The van der Waals surface area contributed by atoms with E-state index in [9.17, 15) is 0 Å². The molecule has 2 unspecified atom stereocenters. The van der Waals surface area contributed by atoms with Crippen molar-refractivity contribution in [2.24, 2.45) is 0 Å². The maximum absolute atomic E-state index is 5.87. The molecule has 0 spiro atoms. The molecule has 2 atom stereocenters. The van der Waals surface area contributed by atoms with Gasteiger partial charge in [0.15, 0.2) is 0 Å². The van der Waals surface area contributed by atoms with Crippen molar-refractivity contribution in [1.29, 1.82) is 0 Å². The van der Waals surface area contributed by atoms with E-state index < -0.39 is 0 Å². The van der Waals surface area contributed by atoms with Crippen molar-refractivity contribution >= 4 is 0 Å². The van der Waals surface area contributed by atoms with Crippen molar-refractivity contribution in [3.63, 3.8) is 0 Å². The van der Waals surface area contributed by atoms with Crippen LogP contribution in [0.3, 0.4) is 0 Å². The Hall–Kier alpha value is -1.80. The zero-order chi connectivity index (χ0) is 13.2. The molecule has 0 aromatic heterocycles. The fraction of sp³-hybridized carbons (Fsp3) is 0.294. The molecule has 1 heterocycles. The van der Waals surface area contributed by atoms with Crippen LogP contribution in [0.15, 0.2) is 48.5 Å². The standard InChI is InChI=1S/C17H18O2/c1-12-7-6-10-15(13(12)2)18-11-16-17(19-16)14-8-4-3-5-9-14/h3-10,16-17H,11H2,1-2H3. The second-order valence-corrected chi connectivity index (χ2v) is 5.01. The molecule has 0 N–H and O–H groups in total. The molecule has 3 rings (SSSR count). The zero-order valence-electron chi connectivity index (χ0n) is 11.3. The normalized spacial score (nSPS) is 21.2. The van der Waals surface area contributed by atoms with Crippen molar-refractivity contribution in [2.45, 2.75) is 26.1 Å². The lowest BCUT2D eigenvalue weighted by atomic mass is 10.1. The van der Waals surface area contributed by atoms with Gasteiger partial charge in [-0.25, -0.2) is 0 Å². The van der Waals surface area contributed by atoms with Crippen molar-refractivity contribution < 1.29 is 9.47 Å². The van der Waals surface area contributed by atoms with Gasteiger partial charge in [-0.2, -0.15) is 0 Å². The van der Waals surface area contributed by atoms with E-state index in [1.807, 2.05) is 30.3 Å². The topological polar surface area (TPSA) is 21.8 Å². The Morgan fingerprint density at radius 2 is 1.79 bits per heavy atom. The molecule has 1 aliphatic heterocycles. The van der Waals surface area contributed by atoms with Crippen molar-refractivity contribution in [1.82, 2.24) is 0 Å². The lowest BCUT2D eigenvalue weighted by molar-refractivity contribution is 0.259. The van der Waals surface area contributed by atoms with Crippen LogP contribution in [0.5, 0.6) is 5.75 Å². The quantitative estimate of drug-likeness (QED) is 0.774. The number of hydrogen-bond acceptors (Lipinski definition) is 2. The van der Waals surface area contributed by atoms with Gasteiger partial charge in [0.25, 0.3) is 0 Å². The van der Waals surface area contributed by atoms with Gasteiger partial charge in [-0.05, 0) is 36.6 Å². The van der Waals surface area contributed by atoms with E-state index in [1.165, 1.54) is 16.7 Å². The van der Waals surface area contributed by atoms with Crippen LogP contribution < -0.4 is 4.74 Å². The van der Waals surface area contributed by atoms with Gasteiger partial charge < -0.3 is 9.47 Å². The molecule has 98 valence electrons. The van der Waals surface area contributed by atoms with Gasteiger partial charge >= 0.3 is 0 Å². The number of hydrogen-bond donors (Lipinski definition) is 0. The molecule has 1 saturated heterocycles. The third-order valence-electron chi connectivity index (χ3n) is 3.67. The second kappa shape index (κ2) is 5.06. The summed E-state index contributed by atoms with van der Waals surface area (Å²) in [5.41, 5.74) is 3.70. The average molecular weight is 254 g/mol. The van der Waals surface area contributed by atoms with Crippen LogP contribution in [0, 0.1) is 13.8 Å². The largest absolute Gasteiger partial charge is 0.490 e. The van der Waals surface area contributed by atoms with E-state index in [4.69, 9.17) is 9.47 Å². The maximum Gasteiger partial charge on any atom is 0.123 e. The SMILES string of the molecule is Cc1cccc(OCC2OC2c2ccccc2)c1C. The molecule has 0 aliphatic carbocycles. The lowest BCUT2D eigenvalue weighted by Crippen LogP contribution is -2.06. The molecule has 19 heavy (non-hydrogen) atoms. The fourth-order valence-electron chi connectivity index (χ4n) is 2.26. The second-order valence-electron chi connectivity index (χ2n) is 5.01. The first-order valence-electron chi connectivity index (χ1n) is 6.65. The van der Waals surface area contributed by atoms with E-state index in [0.717, 1.165) is 5.75 Å². The highest BCUT2D eigenvalue weighted by molar-refractivity contribution is 5.38. The highest BCUT2D eigenvalue weighted by Gasteiger charge is 2.40. The number of aryl methyl sites for hydroxylation is 1. The number of benzene rings is 2. The van der Waals surface area contributed by atoms with Crippen LogP contribution in [0.25, 0.3) is 0 Å². The smallest absolute Gasteiger partial charge is 0.123 e. The third-order valence-corrected chi connectivity index (χ3v) is 3.67. The number of rotatable bonds is 4. The predicted octanol–water partition coefficient (Wildman–Crippen LogP) is 3.82. The van der Waals surface area contributed by atoms with E-state index in [1.54, 1.807) is 0 Å². The molecule has 2 nitrogen and oxygen atoms in total. The first-order valence-corrected chi connectivity index (χ1v) is 6.65. The summed E-state index contributed by atoms with van der Waals surface area (Å²) < 4.78 is 11.5. The minimum Gasteiger partial charge on any atom is -0.490 e. The average Bonchev–Trinajstić information content (AvgIpc) is 3.21. The summed E-state index contributed by atoms with van der Waals surface area (Å²) in [6, 6.07) is 16.4. The van der Waals surface area contributed by atoms with E-state index >= 15 is 0 Å². The van der Waals surface area contributed by atoms with Gasteiger partial charge in [-0.15, -0.1) is 0 Å². The number of epoxide rings is 1. The molecule has 2 aromatic rings. The molecule has 2 aromatic carbocycles. The van der Waals surface area contributed by atoms with Crippen molar-refractivity contribution in [3.05, 3.63) is 65.2 Å². The summed E-state index contributed by atoms with van der Waals surface area (Å²) >= 11 is 0. The lowest BCUT2D eigenvalue weighted by Gasteiger charge is -2.09. The van der Waals surface area contributed by atoms with Crippen molar-refractivity contribution in [2.75, 3.05) is 6.61 Å². The van der Waals surface area contributed by atoms with Gasteiger partial charge in [0, 0.05) is 0 Å². The van der Waals surface area contributed by atoms with Crippen LogP contribution in [-0.2, 0) is 4.74 Å². The minimum atomic E-state index is 0.183. The Bertz CT molecular complexity index is 563.